The SMILES string of the molecule is CS(=O)(=O)N1CCC(Oc2ncccc2Br)C1. The number of rotatable bonds is 3. The fourth-order valence-corrected chi connectivity index (χ4v) is 2.93. The van der Waals surface area contributed by atoms with E-state index in [1.807, 2.05) is 6.07 Å². The third kappa shape index (κ3) is 3.17. The number of hydrogen-bond donors (Lipinski definition) is 0. The van der Waals surface area contributed by atoms with Gasteiger partial charge in [0.05, 0.1) is 17.3 Å². The smallest absolute Gasteiger partial charge is 0.228 e. The maximum absolute atomic E-state index is 11.3. The Hall–Kier alpha value is -0.660. The van der Waals surface area contributed by atoms with E-state index in [1.54, 1.807) is 12.3 Å². The van der Waals surface area contributed by atoms with Gasteiger partial charge in [0.25, 0.3) is 0 Å². The molecular weight excluding hydrogens is 308 g/mol. The van der Waals surface area contributed by atoms with Crippen LogP contribution in [0.1, 0.15) is 6.42 Å². The van der Waals surface area contributed by atoms with Crippen LogP contribution in [0.3, 0.4) is 0 Å². The highest BCUT2D eigenvalue weighted by atomic mass is 79.9. The lowest BCUT2D eigenvalue weighted by Gasteiger charge is -2.15. The third-order valence-electron chi connectivity index (χ3n) is 2.58. The molecular formula is C10H13BrN2O3S. The number of pyridine rings is 1. The van der Waals surface area contributed by atoms with Crippen LogP contribution in [-0.4, -0.2) is 43.2 Å². The third-order valence-corrected chi connectivity index (χ3v) is 4.45. The standard InChI is InChI=1S/C10H13BrN2O3S/c1-17(14,15)13-6-4-8(7-13)16-10-9(11)3-2-5-12-10/h2-3,5,8H,4,6-7H2,1H3. The molecule has 17 heavy (non-hydrogen) atoms. The molecule has 0 saturated carbocycles. The molecule has 7 heteroatoms. The van der Waals surface area contributed by atoms with E-state index in [-0.39, 0.29) is 6.10 Å². The summed E-state index contributed by atoms with van der Waals surface area (Å²) in [5, 5.41) is 0. The van der Waals surface area contributed by atoms with Crippen molar-refractivity contribution in [3.05, 3.63) is 22.8 Å². The molecule has 1 saturated heterocycles. The fourth-order valence-electron chi connectivity index (χ4n) is 1.71. The normalized spacial score (nSPS) is 21.6. The van der Waals surface area contributed by atoms with Crippen LogP contribution in [0.2, 0.25) is 0 Å². The van der Waals surface area contributed by atoms with Gasteiger partial charge in [0, 0.05) is 12.7 Å². The van der Waals surface area contributed by atoms with Gasteiger partial charge in [-0.1, -0.05) is 0 Å². The van der Waals surface area contributed by atoms with Crippen molar-refractivity contribution in [2.24, 2.45) is 0 Å². The van der Waals surface area contributed by atoms with E-state index < -0.39 is 10.0 Å². The van der Waals surface area contributed by atoms with Crippen molar-refractivity contribution in [2.75, 3.05) is 19.3 Å². The Morgan fingerprint density at radius 2 is 2.35 bits per heavy atom. The van der Waals surface area contributed by atoms with Crippen LogP contribution < -0.4 is 4.74 Å². The molecule has 94 valence electrons. The van der Waals surface area contributed by atoms with Crippen LogP contribution in [0.15, 0.2) is 22.8 Å². The summed E-state index contributed by atoms with van der Waals surface area (Å²) in [5.41, 5.74) is 0. The van der Waals surface area contributed by atoms with E-state index >= 15 is 0 Å². The second kappa shape index (κ2) is 4.91. The molecule has 0 aromatic carbocycles. The minimum absolute atomic E-state index is 0.129. The second-order valence-electron chi connectivity index (χ2n) is 3.94. The number of hydrogen-bond acceptors (Lipinski definition) is 4. The molecule has 2 heterocycles. The zero-order valence-electron chi connectivity index (χ0n) is 9.34. The van der Waals surface area contributed by atoms with Gasteiger partial charge >= 0.3 is 0 Å². The largest absolute Gasteiger partial charge is 0.472 e. The van der Waals surface area contributed by atoms with Crippen molar-refractivity contribution in [2.45, 2.75) is 12.5 Å². The Morgan fingerprint density at radius 1 is 1.59 bits per heavy atom. The molecule has 5 nitrogen and oxygen atoms in total. The van der Waals surface area contributed by atoms with Crippen molar-refractivity contribution in [3.63, 3.8) is 0 Å². The number of halogens is 1. The molecule has 1 aliphatic rings. The van der Waals surface area contributed by atoms with Gasteiger partial charge in [-0.25, -0.2) is 13.4 Å². The Labute approximate surface area is 109 Å². The zero-order valence-corrected chi connectivity index (χ0v) is 11.7. The zero-order chi connectivity index (χ0) is 12.5. The van der Waals surface area contributed by atoms with Crippen LogP contribution in [0.25, 0.3) is 0 Å². The molecule has 0 amide bonds. The lowest BCUT2D eigenvalue weighted by Crippen LogP contribution is -2.30. The quantitative estimate of drug-likeness (QED) is 0.841. The highest BCUT2D eigenvalue weighted by molar-refractivity contribution is 9.10. The van der Waals surface area contributed by atoms with Gasteiger partial charge in [0.15, 0.2) is 0 Å². The molecule has 0 spiro atoms. The van der Waals surface area contributed by atoms with E-state index in [0.29, 0.717) is 25.4 Å². The average Bonchev–Trinajstić information content (AvgIpc) is 2.69. The Morgan fingerprint density at radius 3 is 2.94 bits per heavy atom. The molecule has 1 atom stereocenters. The molecule has 1 fully saturated rings. The lowest BCUT2D eigenvalue weighted by atomic mass is 10.3. The summed E-state index contributed by atoms with van der Waals surface area (Å²) >= 11 is 3.34. The Kier molecular flexibility index (Phi) is 3.70. The first kappa shape index (κ1) is 12.8. The molecule has 1 aromatic rings. The van der Waals surface area contributed by atoms with E-state index in [4.69, 9.17) is 4.74 Å². The van der Waals surface area contributed by atoms with Gasteiger partial charge in [-0.05, 0) is 34.5 Å². The highest BCUT2D eigenvalue weighted by Crippen LogP contribution is 2.24. The van der Waals surface area contributed by atoms with E-state index in [0.717, 1.165) is 4.47 Å². The average molecular weight is 321 g/mol. The fraction of sp³-hybridized carbons (Fsp3) is 0.500. The molecule has 1 unspecified atom stereocenters. The monoisotopic (exact) mass is 320 g/mol. The summed E-state index contributed by atoms with van der Waals surface area (Å²) in [6, 6.07) is 3.64. The molecule has 2 rings (SSSR count). The van der Waals surface area contributed by atoms with E-state index in [9.17, 15) is 8.42 Å². The molecule has 1 aliphatic heterocycles. The summed E-state index contributed by atoms with van der Waals surface area (Å²) in [5.74, 6) is 0.507. The molecule has 0 radical (unpaired) electrons. The van der Waals surface area contributed by atoms with Crippen LogP contribution >= 0.6 is 15.9 Å². The van der Waals surface area contributed by atoms with E-state index in [1.165, 1.54) is 10.6 Å². The van der Waals surface area contributed by atoms with Gasteiger partial charge < -0.3 is 4.74 Å². The van der Waals surface area contributed by atoms with Gasteiger partial charge in [0.1, 0.15) is 6.10 Å². The van der Waals surface area contributed by atoms with Crippen molar-refractivity contribution in [3.8, 4) is 5.88 Å². The van der Waals surface area contributed by atoms with Crippen molar-refractivity contribution >= 4 is 26.0 Å². The summed E-state index contributed by atoms with van der Waals surface area (Å²) < 4.78 is 30.6. The van der Waals surface area contributed by atoms with Gasteiger partial charge in [-0.2, -0.15) is 4.31 Å². The first-order valence-electron chi connectivity index (χ1n) is 5.19. The predicted molar refractivity (Wildman–Crippen MR) is 67.4 cm³/mol. The maximum Gasteiger partial charge on any atom is 0.228 e. The summed E-state index contributed by atoms with van der Waals surface area (Å²) in [6.07, 6.45) is 3.42. The lowest BCUT2D eigenvalue weighted by molar-refractivity contribution is 0.205. The number of sulfonamides is 1. The molecule has 0 aliphatic carbocycles. The minimum Gasteiger partial charge on any atom is -0.472 e. The Balaban J connectivity index is 2.02. The number of nitrogens with zero attached hydrogens (tertiary/aromatic N) is 2. The first-order valence-corrected chi connectivity index (χ1v) is 7.83. The topological polar surface area (TPSA) is 59.5 Å². The van der Waals surface area contributed by atoms with Gasteiger partial charge in [-0.3, -0.25) is 0 Å². The highest BCUT2D eigenvalue weighted by Gasteiger charge is 2.30. The van der Waals surface area contributed by atoms with Gasteiger partial charge in [-0.15, -0.1) is 0 Å². The predicted octanol–water partition coefficient (Wildman–Crippen LogP) is 1.26. The number of ether oxygens (including phenoxy) is 1. The molecule has 1 aromatic heterocycles. The van der Waals surface area contributed by atoms with E-state index in [2.05, 4.69) is 20.9 Å². The first-order chi connectivity index (χ1) is 7.97. The number of aromatic nitrogens is 1. The van der Waals surface area contributed by atoms with Crippen LogP contribution in [-0.2, 0) is 10.0 Å². The van der Waals surface area contributed by atoms with Crippen molar-refractivity contribution in [1.29, 1.82) is 0 Å². The summed E-state index contributed by atoms with van der Waals surface area (Å²) in [6.45, 7) is 0.899. The minimum atomic E-state index is -3.12. The van der Waals surface area contributed by atoms with Crippen LogP contribution in [0, 0.1) is 0 Å². The van der Waals surface area contributed by atoms with Crippen molar-refractivity contribution < 1.29 is 13.2 Å². The molecule has 0 N–H and O–H groups in total. The summed E-state index contributed by atoms with van der Waals surface area (Å²) in [4.78, 5) is 4.09. The van der Waals surface area contributed by atoms with Crippen LogP contribution in [0.5, 0.6) is 5.88 Å². The van der Waals surface area contributed by atoms with Crippen molar-refractivity contribution in [1.82, 2.24) is 9.29 Å². The molecule has 0 bridgehead atoms. The summed E-state index contributed by atoms with van der Waals surface area (Å²) in [7, 11) is -3.12. The van der Waals surface area contributed by atoms with Gasteiger partial charge in [0.2, 0.25) is 15.9 Å². The maximum atomic E-state index is 11.3. The second-order valence-corrected chi connectivity index (χ2v) is 6.78. The van der Waals surface area contributed by atoms with Crippen LogP contribution in [0.4, 0.5) is 0 Å². The Bertz CT molecular complexity index is 506.